The first-order valence-corrected chi connectivity index (χ1v) is 11.4. The lowest BCUT2D eigenvalue weighted by Gasteiger charge is -2.26. The molecule has 0 saturated carbocycles. The number of halogens is 3. The molecule has 0 fully saturated rings. The van der Waals surface area contributed by atoms with E-state index >= 15 is 0 Å². The third-order valence-electron chi connectivity index (χ3n) is 5.40. The van der Waals surface area contributed by atoms with Gasteiger partial charge in [-0.3, -0.25) is 14.3 Å². The summed E-state index contributed by atoms with van der Waals surface area (Å²) < 4.78 is 51.8. The zero-order valence-electron chi connectivity index (χ0n) is 20.0. The maximum Gasteiger partial charge on any atom is 0.387 e. The Bertz CT molecular complexity index is 1270. The SMILES string of the molecule is CNC(=O)c1c(OCc2ccccc2)c(=O)ccn1NC(CCCC=O)c1cc(F)ccc1OC(F)F. The average Bonchev–Trinajstić information content (AvgIpc) is 2.89. The first-order chi connectivity index (χ1) is 17.8. The van der Waals surface area contributed by atoms with E-state index in [1.165, 1.54) is 24.0 Å². The van der Waals surface area contributed by atoms with Gasteiger partial charge in [-0.05, 0) is 36.6 Å². The van der Waals surface area contributed by atoms with Gasteiger partial charge in [-0.1, -0.05) is 30.3 Å². The number of unbranched alkanes of at least 4 members (excludes halogenated alkanes) is 1. The van der Waals surface area contributed by atoms with E-state index in [0.29, 0.717) is 12.7 Å². The number of alkyl halides is 2. The van der Waals surface area contributed by atoms with Gasteiger partial charge in [-0.2, -0.15) is 8.78 Å². The zero-order chi connectivity index (χ0) is 26.8. The number of pyridine rings is 1. The minimum absolute atomic E-state index is 0.00310. The van der Waals surface area contributed by atoms with Crippen LogP contribution < -0.4 is 25.6 Å². The highest BCUT2D eigenvalue weighted by Gasteiger charge is 2.24. The minimum atomic E-state index is -3.16. The van der Waals surface area contributed by atoms with E-state index in [1.54, 1.807) is 24.3 Å². The van der Waals surface area contributed by atoms with E-state index in [0.717, 1.165) is 23.8 Å². The van der Waals surface area contributed by atoms with Crippen LogP contribution >= 0.6 is 0 Å². The van der Waals surface area contributed by atoms with Crippen LogP contribution in [0.3, 0.4) is 0 Å². The predicted octanol–water partition coefficient (Wildman–Crippen LogP) is 4.18. The maximum absolute atomic E-state index is 14.2. The molecule has 37 heavy (non-hydrogen) atoms. The first-order valence-electron chi connectivity index (χ1n) is 11.4. The molecule has 1 unspecified atom stereocenters. The van der Waals surface area contributed by atoms with Crippen LogP contribution in [0.2, 0.25) is 0 Å². The van der Waals surface area contributed by atoms with Crippen molar-refractivity contribution in [3.05, 3.63) is 93.7 Å². The van der Waals surface area contributed by atoms with Gasteiger partial charge in [-0.25, -0.2) is 4.39 Å². The Morgan fingerprint density at radius 2 is 1.89 bits per heavy atom. The summed E-state index contributed by atoms with van der Waals surface area (Å²) in [5.74, 6) is -1.88. The topological polar surface area (TPSA) is 98.7 Å². The van der Waals surface area contributed by atoms with Crippen molar-refractivity contribution in [2.24, 2.45) is 0 Å². The van der Waals surface area contributed by atoms with Gasteiger partial charge in [0, 0.05) is 31.3 Å². The lowest BCUT2D eigenvalue weighted by molar-refractivity contribution is -0.107. The van der Waals surface area contributed by atoms with Gasteiger partial charge in [0.05, 0.1) is 6.04 Å². The van der Waals surface area contributed by atoms with E-state index in [1.807, 2.05) is 6.07 Å². The van der Waals surface area contributed by atoms with Crippen molar-refractivity contribution in [2.45, 2.75) is 38.5 Å². The highest BCUT2D eigenvalue weighted by Crippen LogP contribution is 2.32. The highest BCUT2D eigenvalue weighted by molar-refractivity contribution is 5.95. The summed E-state index contributed by atoms with van der Waals surface area (Å²) in [5, 5.41) is 2.45. The van der Waals surface area contributed by atoms with Gasteiger partial charge in [0.2, 0.25) is 5.43 Å². The van der Waals surface area contributed by atoms with Gasteiger partial charge in [-0.15, -0.1) is 0 Å². The Morgan fingerprint density at radius 3 is 2.57 bits per heavy atom. The molecule has 0 radical (unpaired) electrons. The molecule has 196 valence electrons. The molecule has 3 rings (SSSR count). The van der Waals surface area contributed by atoms with Gasteiger partial charge in [0.15, 0.2) is 11.4 Å². The maximum atomic E-state index is 14.2. The summed E-state index contributed by atoms with van der Waals surface area (Å²) in [6.45, 7) is -3.16. The van der Waals surface area contributed by atoms with Crippen molar-refractivity contribution in [1.82, 2.24) is 9.99 Å². The van der Waals surface area contributed by atoms with Crippen LogP contribution in [-0.2, 0) is 11.4 Å². The molecular weight excluding hydrogens is 491 g/mol. The second-order valence-corrected chi connectivity index (χ2v) is 7.92. The van der Waals surface area contributed by atoms with E-state index < -0.39 is 29.8 Å². The van der Waals surface area contributed by atoms with Crippen molar-refractivity contribution in [3.8, 4) is 11.5 Å². The van der Waals surface area contributed by atoms with Crippen LogP contribution in [0.25, 0.3) is 0 Å². The number of ether oxygens (including phenoxy) is 2. The fraction of sp³-hybridized carbons (Fsp3) is 0.269. The molecule has 0 saturated heterocycles. The van der Waals surface area contributed by atoms with Gasteiger partial charge >= 0.3 is 6.61 Å². The number of hydrogen-bond donors (Lipinski definition) is 2. The molecule has 8 nitrogen and oxygen atoms in total. The number of benzene rings is 2. The van der Waals surface area contributed by atoms with Crippen molar-refractivity contribution < 1.29 is 32.2 Å². The lowest BCUT2D eigenvalue weighted by atomic mass is 10.0. The predicted molar refractivity (Wildman–Crippen MR) is 130 cm³/mol. The van der Waals surface area contributed by atoms with Crippen molar-refractivity contribution in [2.75, 3.05) is 12.5 Å². The largest absolute Gasteiger partial charge is 0.482 e. The monoisotopic (exact) mass is 517 g/mol. The molecule has 0 aliphatic heterocycles. The zero-order valence-corrected chi connectivity index (χ0v) is 20.0. The van der Waals surface area contributed by atoms with Crippen LogP contribution in [0.5, 0.6) is 11.5 Å². The Hall–Kier alpha value is -4.28. The number of carbonyl (C=O) groups excluding carboxylic acids is 2. The summed E-state index contributed by atoms with van der Waals surface area (Å²) in [5.41, 5.74) is 3.03. The number of carbonyl (C=O) groups is 2. The summed E-state index contributed by atoms with van der Waals surface area (Å²) in [4.78, 5) is 36.4. The van der Waals surface area contributed by atoms with Crippen LogP contribution in [0, 0.1) is 5.82 Å². The molecule has 2 N–H and O–H groups in total. The molecule has 0 aliphatic rings. The molecule has 11 heteroatoms. The smallest absolute Gasteiger partial charge is 0.387 e. The second-order valence-electron chi connectivity index (χ2n) is 7.92. The van der Waals surface area contributed by atoms with Crippen LogP contribution in [0.4, 0.5) is 13.2 Å². The lowest BCUT2D eigenvalue weighted by Crippen LogP contribution is -2.33. The third kappa shape index (κ3) is 7.35. The highest BCUT2D eigenvalue weighted by atomic mass is 19.3. The van der Waals surface area contributed by atoms with Crippen LogP contribution in [0.1, 0.15) is 46.9 Å². The molecule has 1 heterocycles. The average molecular weight is 518 g/mol. The number of aldehydes is 1. The minimum Gasteiger partial charge on any atom is -0.482 e. The quantitative estimate of drug-likeness (QED) is 0.261. The third-order valence-corrected chi connectivity index (χ3v) is 5.40. The molecular formula is C26H26F3N3O5. The fourth-order valence-corrected chi connectivity index (χ4v) is 3.68. The Balaban J connectivity index is 2.05. The number of hydrogen-bond acceptors (Lipinski definition) is 6. The Morgan fingerprint density at radius 1 is 1.14 bits per heavy atom. The number of amides is 1. The van der Waals surface area contributed by atoms with E-state index in [-0.39, 0.29) is 42.2 Å². The fourth-order valence-electron chi connectivity index (χ4n) is 3.68. The van der Waals surface area contributed by atoms with Gasteiger partial charge in [0.25, 0.3) is 5.91 Å². The molecule has 0 spiro atoms. The number of nitrogens with zero attached hydrogens (tertiary/aromatic N) is 1. The van der Waals surface area contributed by atoms with Crippen LogP contribution in [0.15, 0.2) is 65.6 Å². The van der Waals surface area contributed by atoms with E-state index in [9.17, 15) is 27.6 Å². The van der Waals surface area contributed by atoms with Gasteiger partial charge < -0.3 is 25.0 Å². The summed E-state index contributed by atoms with van der Waals surface area (Å²) >= 11 is 0. The molecule has 2 aromatic carbocycles. The van der Waals surface area contributed by atoms with Crippen molar-refractivity contribution in [3.63, 3.8) is 0 Å². The van der Waals surface area contributed by atoms with Gasteiger partial charge in [0.1, 0.15) is 24.5 Å². The standard InChI is InChI=1S/C26H26F3N3O5/c1-30-25(35)23-24(36-16-17-7-3-2-4-8-17)21(34)12-13-32(23)31-20(9-5-6-14-33)19-15-18(27)10-11-22(19)37-26(28)29/h2-4,7-8,10-15,20,26,31H,5-6,9,16H2,1H3,(H,30,35). The van der Waals surface area contributed by atoms with E-state index in [2.05, 4.69) is 15.5 Å². The second kappa shape index (κ2) is 13.1. The first kappa shape index (κ1) is 27.3. The molecule has 1 amide bonds. The molecule has 0 aliphatic carbocycles. The number of nitrogens with one attached hydrogen (secondary N) is 2. The molecule has 1 aromatic heterocycles. The van der Waals surface area contributed by atoms with Crippen molar-refractivity contribution in [1.29, 1.82) is 0 Å². The summed E-state index contributed by atoms with van der Waals surface area (Å²) in [6.07, 6.45) is 2.64. The number of rotatable bonds is 13. The summed E-state index contributed by atoms with van der Waals surface area (Å²) in [7, 11) is 1.37. The molecule has 3 aromatic rings. The Labute approximate surface area is 211 Å². The Kier molecular flexibility index (Phi) is 9.70. The normalized spacial score (nSPS) is 11.6. The molecule has 0 bridgehead atoms. The van der Waals surface area contributed by atoms with Crippen molar-refractivity contribution >= 4 is 12.2 Å². The van der Waals surface area contributed by atoms with E-state index in [4.69, 9.17) is 4.74 Å². The summed E-state index contributed by atoms with van der Waals surface area (Å²) in [6, 6.07) is 12.4. The molecule has 1 atom stereocenters. The van der Waals surface area contributed by atoms with Crippen LogP contribution in [-0.4, -0.2) is 30.5 Å². The number of aromatic nitrogens is 1.